The monoisotopic (exact) mass is 319 g/mol. The first-order valence-electron chi connectivity index (χ1n) is 7.05. The van der Waals surface area contributed by atoms with Gasteiger partial charge in [0.05, 0.1) is 7.11 Å². The molecule has 1 aliphatic heterocycles. The zero-order valence-corrected chi connectivity index (χ0v) is 12.9. The molecule has 122 valence electrons. The van der Waals surface area contributed by atoms with Crippen LogP contribution in [-0.4, -0.2) is 53.8 Å². The molecule has 1 fully saturated rings. The van der Waals surface area contributed by atoms with Crippen molar-refractivity contribution in [3.05, 3.63) is 29.8 Å². The third-order valence-electron chi connectivity index (χ3n) is 3.42. The fraction of sp³-hybridized carbons (Fsp3) is 0.333. The largest absolute Gasteiger partial charge is 0.496 e. The third kappa shape index (κ3) is 3.31. The van der Waals surface area contributed by atoms with E-state index in [4.69, 9.17) is 4.74 Å². The summed E-state index contributed by atoms with van der Waals surface area (Å²) in [4.78, 5) is 48.5. The summed E-state index contributed by atoms with van der Waals surface area (Å²) in [5, 5.41) is 2.59. The number of urea groups is 1. The second-order valence-corrected chi connectivity index (χ2v) is 4.81. The number of carbonyl (C=O) groups is 4. The molecular formula is C15H17N3O5. The molecule has 0 saturated carbocycles. The first-order valence-corrected chi connectivity index (χ1v) is 7.05. The minimum atomic E-state index is -0.982. The van der Waals surface area contributed by atoms with E-state index in [9.17, 15) is 19.2 Å². The van der Waals surface area contributed by atoms with Gasteiger partial charge in [-0.15, -0.1) is 0 Å². The maximum Gasteiger partial charge on any atom is 0.334 e. The Morgan fingerprint density at radius 1 is 1.13 bits per heavy atom. The average molecular weight is 319 g/mol. The highest BCUT2D eigenvalue weighted by Crippen LogP contribution is 2.16. The Bertz CT molecular complexity index is 658. The fourth-order valence-electron chi connectivity index (χ4n) is 2.21. The lowest BCUT2D eigenvalue weighted by molar-refractivity contribution is -0.143. The molecule has 0 atom stereocenters. The van der Waals surface area contributed by atoms with Gasteiger partial charge in [-0.25, -0.2) is 9.69 Å². The Balaban J connectivity index is 1.96. The Kier molecular flexibility index (Phi) is 4.95. The number of methoxy groups -OCH3 is 1. The van der Waals surface area contributed by atoms with Gasteiger partial charge in [-0.3, -0.25) is 19.3 Å². The molecule has 8 nitrogen and oxygen atoms in total. The number of hydrogen-bond acceptors (Lipinski definition) is 5. The smallest absolute Gasteiger partial charge is 0.334 e. The molecule has 0 unspecified atom stereocenters. The van der Waals surface area contributed by atoms with Gasteiger partial charge in [0, 0.05) is 18.7 Å². The Morgan fingerprint density at radius 3 is 2.39 bits per heavy atom. The van der Waals surface area contributed by atoms with Crippen molar-refractivity contribution in [1.29, 1.82) is 0 Å². The summed E-state index contributed by atoms with van der Waals surface area (Å²) in [7, 11) is 1.52. The van der Waals surface area contributed by atoms with E-state index in [1.54, 1.807) is 31.2 Å². The molecular weight excluding hydrogens is 302 g/mol. The quantitative estimate of drug-likeness (QED) is 0.593. The molecule has 1 saturated heterocycles. The lowest BCUT2D eigenvalue weighted by Crippen LogP contribution is -2.41. The highest BCUT2D eigenvalue weighted by atomic mass is 16.5. The Hall–Kier alpha value is -2.90. The van der Waals surface area contributed by atoms with Gasteiger partial charge in [0.25, 0.3) is 0 Å². The van der Waals surface area contributed by atoms with Crippen molar-refractivity contribution in [2.75, 3.05) is 20.2 Å². The van der Waals surface area contributed by atoms with Crippen molar-refractivity contribution in [2.24, 2.45) is 0 Å². The third-order valence-corrected chi connectivity index (χ3v) is 3.42. The molecule has 1 N–H and O–H groups in total. The minimum Gasteiger partial charge on any atom is -0.496 e. The summed E-state index contributed by atoms with van der Waals surface area (Å²) in [5.41, 5.74) is 0.758. The number of benzene rings is 1. The molecule has 1 aromatic rings. The number of amides is 5. The normalized spacial score (nSPS) is 14.4. The molecule has 1 aliphatic rings. The molecule has 1 aromatic carbocycles. The van der Waals surface area contributed by atoms with Crippen molar-refractivity contribution in [3.63, 3.8) is 0 Å². The van der Waals surface area contributed by atoms with Gasteiger partial charge < -0.3 is 10.1 Å². The molecule has 0 aromatic heterocycles. The van der Waals surface area contributed by atoms with Crippen LogP contribution in [0.5, 0.6) is 5.75 Å². The van der Waals surface area contributed by atoms with Crippen molar-refractivity contribution in [1.82, 2.24) is 15.1 Å². The summed E-state index contributed by atoms with van der Waals surface area (Å²) in [6.45, 7) is 1.36. The molecule has 0 bridgehead atoms. The fourth-order valence-corrected chi connectivity index (χ4v) is 2.21. The number of carbonyl (C=O) groups excluding carboxylic acids is 4. The number of likely N-dealkylation sites (N-methyl/N-ethyl adjacent to an activating group) is 1. The van der Waals surface area contributed by atoms with Crippen LogP contribution in [0.3, 0.4) is 0 Å². The van der Waals surface area contributed by atoms with Crippen LogP contribution in [0, 0.1) is 0 Å². The zero-order valence-electron chi connectivity index (χ0n) is 12.9. The van der Waals surface area contributed by atoms with E-state index in [1.165, 1.54) is 7.11 Å². The van der Waals surface area contributed by atoms with Crippen molar-refractivity contribution in [2.45, 2.75) is 13.5 Å². The highest BCUT2D eigenvalue weighted by Gasteiger charge is 2.44. The van der Waals surface area contributed by atoms with E-state index >= 15 is 0 Å². The van der Waals surface area contributed by atoms with Gasteiger partial charge in [0.1, 0.15) is 12.3 Å². The topological polar surface area (TPSA) is 96.0 Å². The number of nitrogens with one attached hydrogen (secondary N) is 1. The SMILES string of the molecule is CCN1C(=O)C(=O)N(CC(=O)NCc2ccccc2OC)C1=O. The minimum absolute atomic E-state index is 0.0861. The maximum absolute atomic E-state index is 11.9. The van der Waals surface area contributed by atoms with Crippen LogP contribution in [0.25, 0.3) is 0 Å². The Morgan fingerprint density at radius 2 is 1.78 bits per heavy atom. The van der Waals surface area contributed by atoms with Crippen LogP contribution >= 0.6 is 0 Å². The van der Waals surface area contributed by atoms with Gasteiger partial charge in [0.2, 0.25) is 5.91 Å². The van der Waals surface area contributed by atoms with Crippen LogP contribution in [0.2, 0.25) is 0 Å². The van der Waals surface area contributed by atoms with Crippen LogP contribution in [0.15, 0.2) is 24.3 Å². The van der Waals surface area contributed by atoms with Crippen LogP contribution in [0.1, 0.15) is 12.5 Å². The van der Waals surface area contributed by atoms with E-state index in [-0.39, 0.29) is 13.1 Å². The van der Waals surface area contributed by atoms with Crippen LogP contribution in [0.4, 0.5) is 4.79 Å². The van der Waals surface area contributed by atoms with Crippen LogP contribution in [-0.2, 0) is 20.9 Å². The van der Waals surface area contributed by atoms with Crippen LogP contribution < -0.4 is 10.1 Å². The number of nitrogens with zero attached hydrogens (tertiary/aromatic N) is 2. The van der Waals surface area contributed by atoms with Crippen molar-refractivity contribution in [3.8, 4) is 5.75 Å². The molecule has 5 amide bonds. The van der Waals surface area contributed by atoms with Gasteiger partial charge in [-0.05, 0) is 13.0 Å². The number of ether oxygens (including phenoxy) is 1. The molecule has 8 heteroatoms. The lowest BCUT2D eigenvalue weighted by Gasteiger charge is -2.14. The second kappa shape index (κ2) is 6.91. The predicted molar refractivity (Wildman–Crippen MR) is 79.3 cm³/mol. The van der Waals surface area contributed by atoms with E-state index < -0.39 is 30.3 Å². The average Bonchev–Trinajstić information content (AvgIpc) is 2.76. The van der Waals surface area contributed by atoms with E-state index in [1.807, 2.05) is 0 Å². The number of imide groups is 2. The Labute approximate surface area is 133 Å². The van der Waals surface area contributed by atoms with Gasteiger partial charge >= 0.3 is 17.8 Å². The van der Waals surface area contributed by atoms with Crippen molar-refractivity contribution < 1.29 is 23.9 Å². The van der Waals surface area contributed by atoms with Gasteiger partial charge in [-0.2, -0.15) is 0 Å². The number of para-hydroxylation sites is 1. The summed E-state index contributed by atoms with van der Waals surface area (Å²) in [6.07, 6.45) is 0. The zero-order chi connectivity index (χ0) is 17.0. The second-order valence-electron chi connectivity index (χ2n) is 4.81. The summed E-state index contributed by atoms with van der Waals surface area (Å²) in [6, 6.07) is 6.38. The molecule has 0 radical (unpaired) electrons. The molecule has 0 spiro atoms. The lowest BCUT2D eigenvalue weighted by atomic mass is 10.2. The molecule has 1 heterocycles. The first-order chi connectivity index (χ1) is 11.0. The van der Waals surface area contributed by atoms with Gasteiger partial charge in [-0.1, -0.05) is 18.2 Å². The van der Waals surface area contributed by atoms with Gasteiger partial charge in [0.15, 0.2) is 0 Å². The number of rotatable bonds is 6. The van der Waals surface area contributed by atoms with E-state index in [0.29, 0.717) is 10.6 Å². The highest BCUT2D eigenvalue weighted by molar-refractivity contribution is 6.45. The summed E-state index contributed by atoms with van der Waals surface area (Å²) < 4.78 is 5.17. The number of hydrogen-bond donors (Lipinski definition) is 1. The maximum atomic E-state index is 11.9. The standard InChI is InChI=1S/C15H17N3O5/c1-3-17-13(20)14(21)18(15(17)22)9-12(19)16-8-10-6-4-5-7-11(10)23-2/h4-7H,3,8-9H2,1-2H3,(H,16,19). The molecule has 23 heavy (non-hydrogen) atoms. The molecule has 2 rings (SSSR count). The first kappa shape index (κ1) is 16.5. The molecule has 0 aliphatic carbocycles. The predicted octanol–water partition coefficient (Wildman–Crippen LogP) is 0.122. The van der Waals surface area contributed by atoms with E-state index in [0.717, 1.165) is 10.5 Å². The summed E-state index contributed by atoms with van der Waals surface area (Å²) >= 11 is 0. The summed E-state index contributed by atoms with van der Waals surface area (Å²) in [5.74, 6) is -1.81. The van der Waals surface area contributed by atoms with Crippen molar-refractivity contribution >= 4 is 23.8 Å². The van der Waals surface area contributed by atoms with E-state index in [2.05, 4.69) is 5.32 Å².